The lowest BCUT2D eigenvalue weighted by Crippen LogP contribution is -2.02. The number of rotatable bonds is 6. The van der Waals surface area contributed by atoms with E-state index >= 15 is 0 Å². The molecule has 2 aromatic rings. The largest absolute Gasteiger partial charge is 0.489 e. The first-order chi connectivity index (χ1) is 10.7. The van der Waals surface area contributed by atoms with Crippen molar-refractivity contribution in [1.82, 2.24) is 0 Å². The SMILES string of the molecule is CC.CC(=O)Cc1cc(OCc2ccccc2)ccc1C=O. The van der Waals surface area contributed by atoms with Gasteiger partial charge in [0.2, 0.25) is 0 Å². The van der Waals surface area contributed by atoms with Gasteiger partial charge in [0.25, 0.3) is 0 Å². The standard InChI is InChI=1S/C17H16O3.C2H6/c1-13(19)9-16-10-17(8-7-15(16)11-18)20-12-14-5-3-2-4-6-14;1-2/h2-8,10-11H,9,12H2,1H3;1-2H3. The molecule has 0 fully saturated rings. The maximum Gasteiger partial charge on any atom is 0.150 e. The normalized spacial score (nSPS) is 9.41. The van der Waals surface area contributed by atoms with E-state index in [1.54, 1.807) is 18.2 Å². The fourth-order valence-electron chi connectivity index (χ4n) is 1.95. The molecule has 0 bridgehead atoms. The smallest absolute Gasteiger partial charge is 0.150 e. The number of hydrogen-bond donors (Lipinski definition) is 0. The summed E-state index contributed by atoms with van der Waals surface area (Å²) < 4.78 is 5.69. The van der Waals surface area contributed by atoms with E-state index in [2.05, 4.69) is 0 Å². The van der Waals surface area contributed by atoms with Gasteiger partial charge in [-0.3, -0.25) is 9.59 Å². The van der Waals surface area contributed by atoms with Crippen LogP contribution in [0.1, 0.15) is 42.3 Å². The quantitative estimate of drug-likeness (QED) is 0.749. The van der Waals surface area contributed by atoms with Crippen molar-refractivity contribution < 1.29 is 14.3 Å². The molecular formula is C19H22O3. The molecule has 0 saturated carbocycles. The molecule has 0 amide bonds. The maximum absolute atomic E-state index is 11.2. The minimum atomic E-state index is 0.0216. The molecule has 116 valence electrons. The van der Waals surface area contributed by atoms with E-state index in [1.165, 1.54) is 6.92 Å². The third kappa shape index (κ3) is 5.52. The summed E-state index contributed by atoms with van der Waals surface area (Å²) in [4.78, 5) is 22.2. The van der Waals surface area contributed by atoms with Crippen LogP contribution in [0, 0.1) is 0 Å². The molecule has 0 unspecified atom stereocenters. The molecule has 3 nitrogen and oxygen atoms in total. The third-order valence-electron chi connectivity index (χ3n) is 2.93. The molecule has 22 heavy (non-hydrogen) atoms. The average Bonchev–Trinajstić information content (AvgIpc) is 2.55. The van der Waals surface area contributed by atoms with Crippen LogP contribution in [0.15, 0.2) is 48.5 Å². The van der Waals surface area contributed by atoms with E-state index in [0.717, 1.165) is 11.8 Å². The number of carbonyl (C=O) groups excluding carboxylic acids is 2. The minimum absolute atomic E-state index is 0.0216. The highest BCUT2D eigenvalue weighted by molar-refractivity contribution is 5.84. The van der Waals surface area contributed by atoms with Crippen LogP contribution < -0.4 is 4.74 Å². The van der Waals surface area contributed by atoms with E-state index in [9.17, 15) is 9.59 Å². The fourth-order valence-corrected chi connectivity index (χ4v) is 1.95. The van der Waals surface area contributed by atoms with Crippen molar-refractivity contribution in [3.63, 3.8) is 0 Å². The molecule has 0 heterocycles. The Morgan fingerprint density at radius 1 is 1.09 bits per heavy atom. The zero-order valence-electron chi connectivity index (χ0n) is 13.3. The van der Waals surface area contributed by atoms with Crippen LogP contribution >= 0.6 is 0 Å². The van der Waals surface area contributed by atoms with Gasteiger partial charge in [-0.15, -0.1) is 0 Å². The molecule has 3 heteroatoms. The van der Waals surface area contributed by atoms with Gasteiger partial charge in [-0.25, -0.2) is 0 Å². The molecule has 2 rings (SSSR count). The summed E-state index contributed by atoms with van der Waals surface area (Å²) in [7, 11) is 0. The molecule has 0 N–H and O–H groups in total. The number of hydrogen-bond acceptors (Lipinski definition) is 3. The van der Waals surface area contributed by atoms with Crippen LogP contribution in [-0.2, 0) is 17.8 Å². The van der Waals surface area contributed by atoms with Gasteiger partial charge in [-0.05, 0) is 36.2 Å². The highest BCUT2D eigenvalue weighted by Crippen LogP contribution is 2.19. The molecule has 0 saturated heterocycles. The van der Waals surface area contributed by atoms with Crippen LogP contribution in [0.2, 0.25) is 0 Å². The monoisotopic (exact) mass is 298 g/mol. The predicted octanol–water partition coefficient (Wildman–Crippen LogP) is 4.24. The highest BCUT2D eigenvalue weighted by Gasteiger charge is 2.07. The predicted molar refractivity (Wildman–Crippen MR) is 88.3 cm³/mol. The van der Waals surface area contributed by atoms with Gasteiger partial charge in [0.1, 0.15) is 24.4 Å². The van der Waals surface area contributed by atoms with E-state index in [1.807, 2.05) is 44.2 Å². The molecule has 0 aromatic heterocycles. The summed E-state index contributed by atoms with van der Waals surface area (Å²) in [5.41, 5.74) is 2.31. The Labute approximate surface area is 131 Å². The lowest BCUT2D eigenvalue weighted by atomic mass is 10.0. The van der Waals surface area contributed by atoms with Gasteiger partial charge >= 0.3 is 0 Å². The summed E-state index contributed by atoms with van der Waals surface area (Å²) in [6, 6.07) is 15.0. The van der Waals surface area contributed by atoms with Crippen molar-refractivity contribution in [2.24, 2.45) is 0 Å². The second-order valence-corrected chi connectivity index (χ2v) is 4.63. The second kappa shape index (κ2) is 9.50. The molecule has 0 aliphatic rings. The summed E-state index contributed by atoms with van der Waals surface area (Å²) in [5.74, 6) is 0.684. The number of aldehydes is 1. The van der Waals surface area contributed by atoms with Crippen molar-refractivity contribution in [2.45, 2.75) is 33.8 Å². The summed E-state index contributed by atoms with van der Waals surface area (Å²) in [6.45, 7) is 5.97. The van der Waals surface area contributed by atoms with Gasteiger partial charge in [-0.1, -0.05) is 44.2 Å². The molecular weight excluding hydrogens is 276 g/mol. The zero-order chi connectivity index (χ0) is 16.4. The van der Waals surface area contributed by atoms with Crippen LogP contribution in [0.25, 0.3) is 0 Å². The van der Waals surface area contributed by atoms with Crippen LogP contribution in [-0.4, -0.2) is 12.1 Å². The van der Waals surface area contributed by atoms with Crippen molar-refractivity contribution >= 4 is 12.1 Å². The second-order valence-electron chi connectivity index (χ2n) is 4.63. The molecule has 2 aromatic carbocycles. The van der Waals surface area contributed by atoms with E-state index < -0.39 is 0 Å². The van der Waals surface area contributed by atoms with E-state index in [4.69, 9.17) is 4.74 Å². The van der Waals surface area contributed by atoms with Crippen LogP contribution in [0.4, 0.5) is 0 Å². The Kier molecular flexibility index (Phi) is 7.62. The van der Waals surface area contributed by atoms with Gasteiger partial charge in [0, 0.05) is 12.0 Å². The Morgan fingerprint density at radius 2 is 1.77 bits per heavy atom. The molecule has 0 atom stereocenters. The fraction of sp³-hybridized carbons (Fsp3) is 0.263. The van der Waals surface area contributed by atoms with E-state index in [0.29, 0.717) is 23.5 Å². The van der Waals surface area contributed by atoms with Crippen molar-refractivity contribution in [3.05, 3.63) is 65.2 Å². The minimum Gasteiger partial charge on any atom is -0.489 e. The third-order valence-corrected chi connectivity index (χ3v) is 2.93. The first kappa shape index (κ1) is 17.6. The van der Waals surface area contributed by atoms with Crippen molar-refractivity contribution in [3.8, 4) is 5.75 Å². The Bertz CT molecular complexity index is 603. The van der Waals surface area contributed by atoms with Crippen molar-refractivity contribution in [1.29, 1.82) is 0 Å². The number of ketones is 1. The maximum atomic E-state index is 11.2. The lowest BCUT2D eigenvalue weighted by molar-refractivity contribution is -0.116. The lowest BCUT2D eigenvalue weighted by Gasteiger charge is -2.09. The van der Waals surface area contributed by atoms with E-state index in [-0.39, 0.29) is 12.2 Å². The molecule has 0 aliphatic heterocycles. The summed E-state index contributed by atoms with van der Waals surface area (Å²) in [5, 5.41) is 0. The topological polar surface area (TPSA) is 43.4 Å². The Hall–Kier alpha value is -2.42. The number of benzene rings is 2. The van der Waals surface area contributed by atoms with Crippen molar-refractivity contribution in [2.75, 3.05) is 0 Å². The average molecular weight is 298 g/mol. The van der Waals surface area contributed by atoms with Crippen LogP contribution in [0.5, 0.6) is 5.75 Å². The zero-order valence-corrected chi connectivity index (χ0v) is 13.3. The first-order valence-corrected chi connectivity index (χ1v) is 7.43. The Morgan fingerprint density at radius 3 is 2.36 bits per heavy atom. The molecule has 0 aliphatic carbocycles. The van der Waals surface area contributed by atoms with Gasteiger partial charge in [0.05, 0.1) is 0 Å². The number of ether oxygens (including phenoxy) is 1. The van der Waals surface area contributed by atoms with Gasteiger partial charge in [0.15, 0.2) is 0 Å². The van der Waals surface area contributed by atoms with Gasteiger partial charge in [-0.2, -0.15) is 0 Å². The van der Waals surface area contributed by atoms with Crippen LogP contribution in [0.3, 0.4) is 0 Å². The first-order valence-electron chi connectivity index (χ1n) is 7.43. The summed E-state index contributed by atoms with van der Waals surface area (Å²) in [6.07, 6.45) is 1.01. The number of carbonyl (C=O) groups is 2. The number of Topliss-reactive ketones (excluding diaryl/α,β-unsaturated/α-hetero) is 1. The molecule has 0 spiro atoms. The molecule has 0 radical (unpaired) electrons. The Balaban J connectivity index is 0.00000116. The summed E-state index contributed by atoms with van der Waals surface area (Å²) >= 11 is 0. The van der Waals surface area contributed by atoms with Gasteiger partial charge < -0.3 is 4.74 Å². The highest BCUT2D eigenvalue weighted by atomic mass is 16.5.